The number of benzene rings is 1. The van der Waals surface area contributed by atoms with Gasteiger partial charge in [0.15, 0.2) is 0 Å². The molecule has 0 bridgehead atoms. The van der Waals surface area contributed by atoms with E-state index in [-0.39, 0.29) is 11.6 Å². The second kappa shape index (κ2) is 7.27. The van der Waals surface area contributed by atoms with Crippen LogP contribution in [0.15, 0.2) is 36.7 Å². The van der Waals surface area contributed by atoms with E-state index in [4.69, 9.17) is 0 Å². The standard InChI is InChI=1S/C17H20F2N2/c1-3-21-15(9-7-13-5-4-10-20-11-13)16-14(18)8-6-12(2)17(16)19/h4-6,8,10-11,15,21H,3,7,9H2,1-2H3. The highest BCUT2D eigenvalue weighted by atomic mass is 19.1. The van der Waals surface area contributed by atoms with Gasteiger partial charge >= 0.3 is 0 Å². The summed E-state index contributed by atoms with van der Waals surface area (Å²) in [6.45, 7) is 4.25. The molecule has 1 N–H and O–H groups in total. The van der Waals surface area contributed by atoms with Crippen molar-refractivity contribution in [3.8, 4) is 0 Å². The third-order valence-electron chi connectivity index (χ3n) is 3.56. The first-order valence-corrected chi connectivity index (χ1v) is 7.20. The predicted molar refractivity (Wildman–Crippen MR) is 80.1 cm³/mol. The van der Waals surface area contributed by atoms with Crippen LogP contribution in [0.1, 0.15) is 36.1 Å². The minimum Gasteiger partial charge on any atom is -0.310 e. The first-order valence-electron chi connectivity index (χ1n) is 7.20. The Kier molecular flexibility index (Phi) is 5.39. The Hall–Kier alpha value is -1.81. The largest absolute Gasteiger partial charge is 0.310 e. The molecule has 1 aromatic heterocycles. The van der Waals surface area contributed by atoms with Crippen molar-refractivity contribution in [1.82, 2.24) is 10.3 Å². The summed E-state index contributed by atoms with van der Waals surface area (Å²) in [4.78, 5) is 4.06. The van der Waals surface area contributed by atoms with E-state index in [0.29, 0.717) is 18.5 Å². The summed E-state index contributed by atoms with van der Waals surface area (Å²) in [6, 6.07) is 6.31. The van der Waals surface area contributed by atoms with Crippen LogP contribution in [0.4, 0.5) is 8.78 Å². The Labute approximate surface area is 124 Å². The van der Waals surface area contributed by atoms with Crippen LogP contribution in [0, 0.1) is 18.6 Å². The Bertz CT molecular complexity index is 585. The molecule has 0 aliphatic heterocycles. The minimum atomic E-state index is -0.491. The summed E-state index contributed by atoms with van der Waals surface area (Å²) in [5, 5.41) is 3.18. The van der Waals surface area contributed by atoms with Gasteiger partial charge in [0.2, 0.25) is 0 Å². The SMILES string of the molecule is CCNC(CCc1cccnc1)c1c(F)ccc(C)c1F. The number of nitrogens with one attached hydrogen (secondary N) is 1. The molecule has 2 nitrogen and oxygen atoms in total. The van der Waals surface area contributed by atoms with Crippen LogP contribution in [0.5, 0.6) is 0 Å². The molecule has 1 atom stereocenters. The van der Waals surface area contributed by atoms with Gasteiger partial charge in [0.25, 0.3) is 0 Å². The van der Waals surface area contributed by atoms with Crippen molar-refractivity contribution in [3.63, 3.8) is 0 Å². The molecule has 1 unspecified atom stereocenters. The zero-order valence-corrected chi connectivity index (χ0v) is 12.4. The first-order chi connectivity index (χ1) is 10.1. The predicted octanol–water partition coefficient (Wildman–Crippen LogP) is 3.95. The third kappa shape index (κ3) is 3.85. The van der Waals surface area contributed by atoms with Crippen LogP contribution in [-0.4, -0.2) is 11.5 Å². The van der Waals surface area contributed by atoms with Crippen molar-refractivity contribution in [2.75, 3.05) is 6.54 Å². The van der Waals surface area contributed by atoms with Crippen LogP contribution < -0.4 is 5.32 Å². The Balaban J connectivity index is 2.21. The lowest BCUT2D eigenvalue weighted by molar-refractivity contribution is 0.452. The van der Waals surface area contributed by atoms with Gasteiger partial charge in [0, 0.05) is 24.0 Å². The fraction of sp³-hybridized carbons (Fsp3) is 0.353. The molecule has 0 amide bonds. The number of aromatic nitrogens is 1. The Morgan fingerprint density at radius 2 is 2.05 bits per heavy atom. The van der Waals surface area contributed by atoms with Gasteiger partial charge in [-0.3, -0.25) is 4.98 Å². The van der Waals surface area contributed by atoms with Crippen LogP contribution in [0.3, 0.4) is 0 Å². The lowest BCUT2D eigenvalue weighted by Gasteiger charge is -2.20. The van der Waals surface area contributed by atoms with Crippen LogP contribution >= 0.6 is 0 Å². The zero-order valence-electron chi connectivity index (χ0n) is 12.4. The quantitative estimate of drug-likeness (QED) is 0.871. The molecule has 1 aromatic carbocycles. The molecule has 0 fully saturated rings. The van der Waals surface area contributed by atoms with Gasteiger partial charge in [-0.1, -0.05) is 19.1 Å². The zero-order chi connectivity index (χ0) is 15.2. The van der Waals surface area contributed by atoms with Crippen LogP contribution in [0.2, 0.25) is 0 Å². The molecule has 21 heavy (non-hydrogen) atoms. The molecular weight excluding hydrogens is 270 g/mol. The molecule has 0 aliphatic rings. The molecule has 0 aliphatic carbocycles. The van der Waals surface area contributed by atoms with Crippen molar-refractivity contribution in [3.05, 3.63) is 65.0 Å². The second-order valence-corrected chi connectivity index (χ2v) is 5.10. The molecule has 0 spiro atoms. The molecule has 0 saturated carbocycles. The topological polar surface area (TPSA) is 24.9 Å². The average molecular weight is 290 g/mol. The molecule has 4 heteroatoms. The number of aryl methyl sites for hydroxylation is 2. The number of halogens is 2. The fourth-order valence-corrected chi connectivity index (χ4v) is 2.45. The van der Waals surface area contributed by atoms with E-state index in [9.17, 15) is 8.78 Å². The smallest absolute Gasteiger partial charge is 0.133 e. The van der Waals surface area contributed by atoms with Crippen molar-refractivity contribution in [2.45, 2.75) is 32.7 Å². The number of pyridine rings is 1. The van der Waals surface area contributed by atoms with Gasteiger partial charge in [0.1, 0.15) is 11.6 Å². The van der Waals surface area contributed by atoms with E-state index in [1.165, 1.54) is 12.1 Å². The number of hydrogen-bond donors (Lipinski definition) is 1. The number of hydrogen-bond acceptors (Lipinski definition) is 2. The molecule has 2 rings (SSSR count). The maximum atomic E-state index is 14.3. The summed E-state index contributed by atoms with van der Waals surface area (Å²) in [5.74, 6) is -0.942. The van der Waals surface area contributed by atoms with E-state index >= 15 is 0 Å². The minimum absolute atomic E-state index is 0.140. The molecule has 2 aromatic rings. The summed E-state index contributed by atoms with van der Waals surface area (Å²) in [7, 11) is 0. The molecule has 0 radical (unpaired) electrons. The van der Waals surface area contributed by atoms with Gasteiger partial charge in [0.05, 0.1) is 0 Å². The molecule has 112 valence electrons. The van der Waals surface area contributed by atoms with E-state index in [2.05, 4.69) is 10.3 Å². The van der Waals surface area contributed by atoms with Gasteiger partial charge in [-0.15, -0.1) is 0 Å². The van der Waals surface area contributed by atoms with E-state index < -0.39 is 11.6 Å². The monoisotopic (exact) mass is 290 g/mol. The summed E-state index contributed by atoms with van der Waals surface area (Å²) < 4.78 is 28.3. The molecule has 1 heterocycles. The summed E-state index contributed by atoms with van der Waals surface area (Å²) >= 11 is 0. The van der Waals surface area contributed by atoms with Gasteiger partial charge in [-0.05, 0) is 49.6 Å². The molecule has 0 saturated heterocycles. The highest BCUT2D eigenvalue weighted by molar-refractivity contribution is 5.29. The highest BCUT2D eigenvalue weighted by Crippen LogP contribution is 2.26. The normalized spacial score (nSPS) is 12.4. The summed E-state index contributed by atoms with van der Waals surface area (Å²) in [6.07, 6.45) is 4.84. The maximum absolute atomic E-state index is 14.3. The van der Waals surface area contributed by atoms with Gasteiger partial charge in [-0.25, -0.2) is 8.78 Å². The van der Waals surface area contributed by atoms with Crippen molar-refractivity contribution < 1.29 is 8.78 Å². The number of nitrogens with zero attached hydrogens (tertiary/aromatic N) is 1. The van der Waals surface area contributed by atoms with Crippen molar-refractivity contribution in [2.24, 2.45) is 0 Å². The van der Waals surface area contributed by atoms with Gasteiger partial charge in [-0.2, -0.15) is 0 Å². The van der Waals surface area contributed by atoms with Crippen LogP contribution in [0.25, 0.3) is 0 Å². The van der Waals surface area contributed by atoms with E-state index in [0.717, 1.165) is 12.0 Å². The second-order valence-electron chi connectivity index (χ2n) is 5.10. The first kappa shape index (κ1) is 15.6. The third-order valence-corrected chi connectivity index (χ3v) is 3.56. The lowest BCUT2D eigenvalue weighted by Crippen LogP contribution is -2.24. The Morgan fingerprint density at radius 3 is 2.71 bits per heavy atom. The van der Waals surface area contributed by atoms with E-state index in [1.807, 2.05) is 19.1 Å². The molecular formula is C17H20F2N2. The average Bonchev–Trinajstić information content (AvgIpc) is 2.50. The fourth-order valence-electron chi connectivity index (χ4n) is 2.45. The van der Waals surface area contributed by atoms with E-state index in [1.54, 1.807) is 19.3 Å². The summed E-state index contributed by atoms with van der Waals surface area (Å²) in [5.41, 5.74) is 1.67. The number of rotatable bonds is 6. The Morgan fingerprint density at radius 1 is 1.24 bits per heavy atom. The van der Waals surface area contributed by atoms with Crippen LogP contribution in [-0.2, 0) is 6.42 Å². The van der Waals surface area contributed by atoms with Gasteiger partial charge < -0.3 is 5.32 Å². The van der Waals surface area contributed by atoms with Crippen molar-refractivity contribution >= 4 is 0 Å². The maximum Gasteiger partial charge on any atom is 0.133 e. The lowest BCUT2D eigenvalue weighted by atomic mass is 9.97. The van der Waals surface area contributed by atoms with Crippen molar-refractivity contribution in [1.29, 1.82) is 0 Å². The highest BCUT2D eigenvalue weighted by Gasteiger charge is 2.20.